The molecule has 0 bridgehead atoms. The molecule has 21 heavy (non-hydrogen) atoms. The van der Waals surface area contributed by atoms with Crippen molar-refractivity contribution in [3.8, 4) is 0 Å². The van der Waals surface area contributed by atoms with Crippen molar-refractivity contribution < 1.29 is 0 Å². The van der Waals surface area contributed by atoms with Crippen LogP contribution in [0.3, 0.4) is 0 Å². The molecule has 2 aromatic rings. The van der Waals surface area contributed by atoms with E-state index in [4.69, 9.17) is 11.6 Å². The maximum Gasteiger partial charge on any atom is 0.0934 e. The van der Waals surface area contributed by atoms with Crippen LogP contribution in [0, 0.1) is 6.92 Å². The van der Waals surface area contributed by atoms with Gasteiger partial charge in [-0.05, 0) is 32.9 Å². The van der Waals surface area contributed by atoms with Crippen LogP contribution in [0.5, 0.6) is 0 Å². The maximum atomic E-state index is 6.41. The molecule has 0 amide bonds. The highest BCUT2D eigenvalue weighted by molar-refractivity contribution is 6.31. The lowest BCUT2D eigenvalue weighted by Crippen LogP contribution is -2.27. The second-order valence-corrected chi connectivity index (χ2v) is 5.53. The van der Waals surface area contributed by atoms with Gasteiger partial charge in [0, 0.05) is 13.1 Å². The minimum Gasteiger partial charge on any atom is -0.304 e. The molecule has 2 rings (SSSR count). The molecule has 0 fully saturated rings. The fraction of sp³-hybridized carbons (Fsp3) is 0.600. The predicted molar refractivity (Wildman–Crippen MR) is 85.7 cm³/mol. The van der Waals surface area contributed by atoms with Gasteiger partial charge >= 0.3 is 0 Å². The van der Waals surface area contributed by atoms with Gasteiger partial charge in [-0.25, -0.2) is 0 Å². The molecule has 1 atom stereocenters. The van der Waals surface area contributed by atoms with Crippen LogP contribution < -0.4 is 5.32 Å². The van der Waals surface area contributed by atoms with Crippen molar-refractivity contribution in [2.24, 2.45) is 0 Å². The van der Waals surface area contributed by atoms with Gasteiger partial charge < -0.3 is 5.32 Å². The summed E-state index contributed by atoms with van der Waals surface area (Å²) < 4.78 is 4.03. The fourth-order valence-corrected chi connectivity index (χ4v) is 2.90. The molecule has 2 aromatic heterocycles. The van der Waals surface area contributed by atoms with Gasteiger partial charge in [0.2, 0.25) is 0 Å². The Morgan fingerprint density at radius 3 is 2.67 bits per heavy atom. The normalized spacial score (nSPS) is 12.8. The summed E-state index contributed by atoms with van der Waals surface area (Å²) >= 11 is 6.41. The van der Waals surface area contributed by atoms with E-state index in [1.165, 1.54) is 0 Å². The van der Waals surface area contributed by atoms with Gasteiger partial charge in [0.15, 0.2) is 0 Å². The summed E-state index contributed by atoms with van der Waals surface area (Å²) in [6.45, 7) is 10.9. The number of aromatic nitrogens is 4. The zero-order valence-corrected chi connectivity index (χ0v) is 14.0. The van der Waals surface area contributed by atoms with Crippen LogP contribution in [0.4, 0.5) is 0 Å². The van der Waals surface area contributed by atoms with Crippen molar-refractivity contribution >= 4 is 11.6 Å². The second kappa shape index (κ2) is 7.09. The van der Waals surface area contributed by atoms with Crippen molar-refractivity contribution in [2.75, 3.05) is 6.54 Å². The SMILES string of the molecule is CCCn1ncc(Cl)c1C(NCC)c1cc(C)nn1CC. The van der Waals surface area contributed by atoms with Crippen LogP contribution in [-0.4, -0.2) is 26.1 Å². The number of nitrogens with one attached hydrogen (secondary N) is 1. The Morgan fingerprint density at radius 2 is 2.05 bits per heavy atom. The van der Waals surface area contributed by atoms with Crippen LogP contribution in [0.15, 0.2) is 12.3 Å². The molecule has 2 heterocycles. The topological polar surface area (TPSA) is 47.7 Å². The highest BCUT2D eigenvalue weighted by atomic mass is 35.5. The first-order valence-electron chi connectivity index (χ1n) is 7.61. The Hall–Kier alpha value is -1.33. The zero-order chi connectivity index (χ0) is 15.4. The summed E-state index contributed by atoms with van der Waals surface area (Å²) in [5.74, 6) is 0. The molecule has 0 saturated heterocycles. The van der Waals surface area contributed by atoms with E-state index < -0.39 is 0 Å². The summed E-state index contributed by atoms with van der Waals surface area (Å²) in [7, 11) is 0. The number of nitrogens with zero attached hydrogens (tertiary/aromatic N) is 4. The summed E-state index contributed by atoms with van der Waals surface area (Å²) in [5, 5.41) is 13.2. The summed E-state index contributed by atoms with van der Waals surface area (Å²) in [5.41, 5.74) is 3.18. The van der Waals surface area contributed by atoms with Crippen LogP contribution in [0.2, 0.25) is 5.02 Å². The molecule has 0 spiro atoms. The first-order valence-corrected chi connectivity index (χ1v) is 7.99. The van der Waals surface area contributed by atoms with Crippen LogP contribution >= 0.6 is 11.6 Å². The molecule has 0 aliphatic rings. The second-order valence-electron chi connectivity index (χ2n) is 5.12. The third-order valence-corrected chi connectivity index (χ3v) is 3.77. The van der Waals surface area contributed by atoms with Gasteiger partial charge in [-0.1, -0.05) is 25.4 Å². The molecule has 0 aliphatic carbocycles. The van der Waals surface area contributed by atoms with E-state index in [-0.39, 0.29) is 6.04 Å². The molecule has 5 nitrogen and oxygen atoms in total. The number of hydrogen-bond donors (Lipinski definition) is 1. The molecular weight excluding hydrogens is 286 g/mol. The Labute approximate surface area is 131 Å². The number of rotatable bonds is 7. The largest absolute Gasteiger partial charge is 0.304 e. The smallest absolute Gasteiger partial charge is 0.0934 e. The molecule has 0 radical (unpaired) electrons. The molecule has 0 aliphatic heterocycles. The van der Waals surface area contributed by atoms with Crippen LogP contribution in [0.25, 0.3) is 0 Å². The molecule has 6 heteroatoms. The lowest BCUT2D eigenvalue weighted by Gasteiger charge is -2.21. The van der Waals surface area contributed by atoms with Gasteiger partial charge in [-0.15, -0.1) is 0 Å². The van der Waals surface area contributed by atoms with E-state index in [1.807, 2.05) is 16.3 Å². The number of halogens is 1. The van der Waals surface area contributed by atoms with E-state index in [2.05, 4.69) is 42.4 Å². The number of aryl methyl sites for hydroxylation is 3. The summed E-state index contributed by atoms with van der Waals surface area (Å²) in [6, 6.07) is 2.13. The third kappa shape index (κ3) is 3.30. The minimum absolute atomic E-state index is 0.0118. The zero-order valence-electron chi connectivity index (χ0n) is 13.2. The van der Waals surface area contributed by atoms with Crippen molar-refractivity contribution in [1.82, 2.24) is 24.9 Å². The quantitative estimate of drug-likeness (QED) is 0.854. The third-order valence-electron chi connectivity index (χ3n) is 3.48. The minimum atomic E-state index is 0.0118. The Morgan fingerprint density at radius 1 is 1.29 bits per heavy atom. The Bertz CT molecular complexity index is 587. The van der Waals surface area contributed by atoms with Crippen molar-refractivity contribution in [1.29, 1.82) is 0 Å². The molecule has 1 N–H and O–H groups in total. The van der Waals surface area contributed by atoms with Gasteiger partial charge in [-0.3, -0.25) is 9.36 Å². The summed E-state index contributed by atoms with van der Waals surface area (Å²) in [6.07, 6.45) is 2.76. The van der Waals surface area contributed by atoms with E-state index in [1.54, 1.807) is 6.20 Å². The van der Waals surface area contributed by atoms with Gasteiger partial charge in [-0.2, -0.15) is 10.2 Å². The van der Waals surface area contributed by atoms with Crippen molar-refractivity contribution in [2.45, 2.75) is 53.2 Å². The predicted octanol–water partition coefficient (Wildman–Crippen LogP) is 3.17. The van der Waals surface area contributed by atoms with Crippen LogP contribution in [-0.2, 0) is 13.1 Å². The average molecular weight is 310 g/mol. The lowest BCUT2D eigenvalue weighted by molar-refractivity contribution is 0.489. The van der Waals surface area contributed by atoms with E-state index >= 15 is 0 Å². The monoisotopic (exact) mass is 309 g/mol. The molecular formula is C15H24ClN5. The first-order chi connectivity index (χ1) is 10.1. The molecule has 0 aromatic carbocycles. The van der Waals surface area contributed by atoms with Crippen LogP contribution in [0.1, 0.15) is 50.3 Å². The van der Waals surface area contributed by atoms with Crippen molar-refractivity contribution in [3.63, 3.8) is 0 Å². The Kier molecular flexibility index (Phi) is 5.42. The maximum absolute atomic E-state index is 6.41. The summed E-state index contributed by atoms with van der Waals surface area (Å²) in [4.78, 5) is 0. The molecule has 0 saturated carbocycles. The van der Waals surface area contributed by atoms with E-state index in [0.717, 1.165) is 43.1 Å². The van der Waals surface area contributed by atoms with Gasteiger partial charge in [0.25, 0.3) is 0 Å². The molecule has 1 unspecified atom stereocenters. The van der Waals surface area contributed by atoms with E-state index in [9.17, 15) is 0 Å². The Balaban J connectivity index is 2.50. The van der Waals surface area contributed by atoms with Crippen molar-refractivity contribution in [3.05, 3.63) is 34.4 Å². The standard InChI is InChI=1S/C15H24ClN5/c1-5-8-21-15(12(16)10-18-21)14(17-6-2)13-9-11(4)19-20(13)7-3/h9-10,14,17H,5-8H2,1-4H3. The first kappa shape index (κ1) is 16.0. The fourth-order valence-electron chi connectivity index (χ4n) is 2.65. The highest BCUT2D eigenvalue weighted by Crippen LogP contribution is 2.29. The van der Waals surface area contributed by atoms with E-state index in [0.29, 0.717) is 5.02 Å². The van der Waals surface area contributed by atoms with Gasteiger partial charge in [0.05, 0.1) is 34.3 Å². The van der Waals surface area contributed by atoms with Gasteiger partial charge in [0.1, 0.15) is 0 Å². The molecule has 116 valence electrons. The average Bonchev–Trinajstić information content (AvgIpc) is 3.00. The lowest BCUT2D eigenvalue weighted by atomic mass is 10.1. The highest BCUT2D eigenvalue weighted by Gasteiger charge is 2.24. The number of hydrogen-bond acceptors (Lipinski definition) is 3.